The van der Waals surface area contributed by atoms with Crippen LogP contribution in [0.3, 0.4) is 0 Å². The summed E-state index contributed by atoms with van der Waals surface area (Å²) in [6.45, 7) is 4.15. The van der Waals surface area contributed by atoms with E-state index in [-0.39, 0.29) is 32.0 Å². The molecule has 2 atom stereocenters. The molecule has 0 aromatic rings. The minimum absolute atomic E-state index is 0.0374. The Morgan fingerprint density at radius 2 is 0.582 bits per heavy atom. The second-order valence-electron chi connectivity index (χ2n) is 28.4. The Balaban J connectivity index is 4.03. The molecule has 98 heavy (non-hydrogen) atoms. The lowest BCUT2D eigenvalue weighted by Gasteiger charge is -2.28. The van der Waals surface area contributed by atoms with E-state index in [2.05, 4.69) is 148 Å². The van der Waals surface area contributed by atoms with E-state index in [9.17, 15) is 19.0 Å². The monoisotopic (exact) mass is 1380 g/mol. The molecule has 0 spiro atoms. The van der Waals surface area contributed by atoms with Gasteiger partial charge in [-0.25, -0.2) is 0 Å². The number of carbonyl (C=O) groups excluding carboxylic acids is 2. The van der Waals surface area contributed by atoms with E-state index in [1.165, 1.54) is 205 Å². The highest BCUT2D eigenvalue weighted by Gasteiger charge is 2.22. The number of rotatable bonds is 75. The molecule has 0 fully saturated rings. The van der Waals surface area contributed by atoms with Crippen molar-refractivity contribution in [2.75, 3.05) is 47.5 Å². The number of esters is 2. The van der Waals surface area contributed by atoms with E-state index >= 15 is 0 Å². The molecular weight excluding hydrogens is 1230 g/mol. The van der Waals surface area contributed by atoms with Crippen molar-refractivity contribution in [2.45, 2.75) is 367 Å². The molecular formula is C88H154NO8P. The van der Waals surface area contributed by atoms with Crippen molar-refractivity contribution >= 4 is 19.8 Å². The first-order chi connectivity index (χ1) is 48.0. The van der Waals surface area contributed by atoms with E-state index < -0.39 is 26.5 Å². The van der Waals surface area contributed by atoms with E-state index in [1.54, 1.807) is 0 Å². The SMILES string of the molecule is CC/C=C\C/C=C\C/C=C\C/C=C\C/C=C\C/C=C\C/C=C\C/C=C\C/C=C\C/C=C\C/C=C\CCCCCCCCCC(=O)OC(COC(=O)CCCCCCCCCCCCCCCCCCCCCCCCCCCCCCCCCCC)COP(=O)([O-])OCC[N+](C)(C)C. The molecule has 0 saturated heterocycles. The van der Waals surface area contributed by atoms with Crippen LogP contribution < -0.4 is 4.89 Å². The maximum Gasteiger partial charge on any atom is 0.306 e. The minimum Gasteiger partial charge on any atom is -0.756 e. The number of ether oxygens (including phenoxy) is 2. The maximum atomic E-state index is 12.9. The van der Waals surface area contributed by atoms with Crippen molar-refractivity contribution in [2.24, 2.45) is 0 Å². The van der Waals surface area contributed by atoms with Crippen LogP contribution in [-0.4, -0.2) is 70.0 Å². The fraction of sp³-hybridized carbons (Fsp3) is 0.727. The number of nitrogens with zero attached hydrogens (tertiary/aromatic N) is 1. The molecule has 0 aliphatic heterocycles. The summed E-state index contributed by atoms with van der Waals surface area (Å²) in [5.41, 5.74) is 0. The van der Waals surface area contributed by atoms with E-state index in [0.717, 1.165) is 122 Å². The smallest absolute Gasteiger partial charge is 0.306 e. The molecule has 0 aliphatic carbocycles. The summed E-state index contributed by atoms with van der Waals surface area (Å²) in [6, 6.07) is 0. The predicted octanol–water partition coefficient (Wildman–Crippen LogP) is 26.9. The summed E-state index contributed by atoms with van der Waals surface area (Å²) in [6.07, 6.45) is 113. The molecule has 0 bridgehead atoms. The van der Waals surface area contributed by atoms with Gasteiger partial charge < -0.3 is 27.9 Å². The van der Waals surface area contributed by atoms with Gasteiger partial charge in [0.2, 0.25) is 0 Å². The first kappa shape index (κ1) is 94.2. The van der Waals surface area contributed by atoms with Crippen LogP contribution in [0.5, 0.6) is 0 Å². The average Bonchev–Trinajstić information content (AvgIpc) is 1.08. The molecule has 10 heteroatoms. The lowest BCUT2D eigenvalue weighted by molar-refractivity contribution is -0.870. The van der Waals surface area contributed by atoms with E-state index in [1.807, 2.05) is 21.1 Å². The molecule has 0 aromatic heterocycles. The third kappa shape index (κ3) is 81.1. The number of carbonyl (C=O) groups is 2. The molecule has 9 nitrogen and oxygen atoms in total. The van der Waals surface area contributed by atoms with Crippen LogP contribution in [0.25, 0.3) is 0 Å². The molecule has 0 heterocycles. The Hall–Kier alpha value is -3.85. The van der Waals surface area contributed by atoms with Crippen LogP contribution in [0.4, 0.5) is 0 Å². The summed E-state index contributed by atoms with van der Waals surface area (Å²) in [7, 11) is 1.16. The van der Waals surface area contributed by atoms with Gasteiger partial charge in [0.15, 0.2) is 6.10 Å². The Bertz CT molecular complexity index is 2120. The van der Waals surface area contributed by atoms with Gasteiger partial charge in [-0.05, 0) is 96.3 Å². The lowest BCUT2D eigenvalue weighted by Crippen LogP contribution is -2.37. The van der Waals surface area contributed by atoms with Crippen LogP contribution in [0.1, 0.15) is 361 Å². The fourth-order valence-electron chi connectivity index (χ4n) is 11.5. The van der Waals surface area contributed by atoms with Gasteiger partial charge in [0.1, 0.15) is 19.8 Å². The van der Waals surface area contributed by atoms with Gasteiger partial charge in [-0.2, -0.15) is 0 Å². The summed E-state index contributed by atoms with van der Waals surface area (Å²) in [5.74, 6) is -0.839. The fourth-order valence-corrected chi connectivity index (χ4v) is 12.2. The highest BCUT2D eigenvalue weighted by Crippen LogP contribution is 2.38. The van der Waals surface area contributed by atoms with Gasteiger partial charge in [0.25, 0.3) is 7.82 Å². The van der Waals surface area contributed by atoms with E-state index in [4.69, 9.17) is 18.5 Å². The number of phosphoric ester groups is 1. The second kappa shape index (κ2) is 77.3. The van der Waals surface area contributed by atoms with E-state index in [0.29, 0.717) is 17.4 Å². The maximum absolute atomic E-state index is 12.9. The van der Waals surface area contributed by atoms with Crippen LogP contribution >= 0.6 is 7.82 Å². The van der Waals surface area contributed by atoms with Crippen LogP contribution in [0.2, 0.25) is 0 Å². The quantitative estimate of drug-likeness (QED) is 0.0195. The number of allylic oxidation sites excluding steroid dienone is 22. The summed E-state index contributed by atoms with van der Waals surface area (Å²) >= 11 is 0. The molecule has 0 amide bonds. The lowest BCUT2D eigenvalue weighted by atomic mass is 10.0. The third-order valence-electron chi connectivity index (χ3n) is 17.7. The second-order valence-corrected chi connectivity index (χ2v) is 29.8. The molecule has 2 unspecified atom stereocenters. The first-order valence-corrected chi connectivity index (χ1v) is 42.4. The summed E-state index contributed by atoms with van der Waals surface area (Å²) < 4.78 is 34.4. The number of phosphoric acid groups is 1. The van der Waals surface area contributed by atoms with Crippen molar-refractivity contribution in [3.8, 4) is 0 Å². The third-order valence-corrected chi connectivity index (χ3v) is 18.6. The normalized spacial score (nSPS) is 13.7. The zero-order valence-electron chi connectivity index (χ0n) is 64.5. The largest absolute Gasteiger partial charge is 0.756 e. The topological polar surface area (TPSA) is 111 Å². The average molecular weight is 1390 g/mol. The highest BCUT2D eigenvalue weighted by molar-refractivity contribution is 7.45. The number of quaternary nitrogens is 1. The molecule has 564 valence electrons. The summed E-state index contributed by atoms with van der Waals surface area (Å²) in [5, 5.41) is 0. The van der Waals surface area contributed by atoms with Gasteiger partial charge in [0, 0.05) is 12.8 Å². The van der Waals surface area contributed by atoms with Crippen LogP contribution in [0, 0.1) is 0 Å². The van der Waals surface area contributed by atoms with Crippen LogP contribution in [-0.2, 0) is 32.7 Å². The van der Waals surface area contributed by atoms with Gasteiger partial charge >= 0.3 is 11.9 Å². The van der Waals surface area contributed by atoms with Gasteiger partial charge in [-0.3, -0.25) is 14.2 Å². The zero-order chi connectivity index (χ0) is 71.1. The molecule has 0 radical (unpaired) electrons. The Morgan fingerprint density at radius 1 is 0.327 bits per heavy atom. The van der Waals surface area contributed by atoms with Crippen molar-refractivity contribution in [1.82, 2.24) is 0 Å². The zero-order valence-corrected chi connectivity index (χ0v) is 65.3. The molecule has 0 aromatic carbocycles. The molecule has 0 rings (SSSR count). The first-order valence-electron chi connectivity index (χ1n) is 40.9. The number of likely N-dealkylation sites (N-methyl/N-ethyl adjacent to an activating group) is 1. The Kier molecular flexibility index (Phi) is 74.3. The number of hydrogen-bond donors (Lipinski definition) is 0. The summed E-state index contributed by atoms with van der Waals surface area (Å²) in [4.78, 5) is 38.2. The highest BCUT2D eigenvalue weighted by atomic mass is 31.2. The van der Waals surface area contributed by atoms with Crippen molar-refractivity contribution < 1.29 is 42.1 Å². The molecule has 0 saturated carbocycles. The van der Waals surface area contributed by atoms with Gasteiger partial charge in [0.05, 0.1) is 27.7 Å². The number of unbranched alkanes of at least 4 members (excludes halogenated alkanes) is 39. The predicted molar refractivity (Wildman–Crippen MR) is 424 cm³/mol. The van der Waals surface area contributed by atoms with Crippen LogP contribution in [0.15, 0.2) is 134 Å². The van der Waals surface area contributed by atoms with Gasteiger partial charge in [-0.1, -0.05) is 385 Å². The Morgan fingerprint density at radius 3 is 0.867 bits per heavy atom. The van der Waals surface area contributed by atoms with Crippen molar-refractivity contribution in [3.63, 3.8) is 0 Å². The van der Waals surface area contributed by atoms with Gasteiger partial charge in [-0.15, -0.1) is 0 Å². The van der Waals surface area contributed by atoms with Crippen molar-refractivity contribution in [1.29, 1.82) is 0 Å². The van der Waals surface area contributed by atoms with Crippen molar-refractivity contribution in [3.05, 3.63) is 134 Å². The Labute approximate surface area is 606 Å². The number of hydrogen-bond acceptors (Lipinski definition) is 8. The minimum atomic E-state index is -4.66. The standard InChI is InChI=1S/C88H154NO8P/c1-6-8-10-12-14-16-18-20-22-24-26-28-30-32-34-36-38-40-41-42-43-44-45-46-47-49-51-53-55-57-59-61-63-65-67-69-71-73-75-77-79-81-88(91)97-86(85-96-98(92,93)95-83-82-89(3,4)5)84-94-87(90)80-78-76-74-72-70-68-66-64-62-60-58-56-54-52-50-48-39-37-35-33-31-29-27-25-23-21-19-17-15-13-11-9-7-2/h8,10,14,16,20,22,26,28,32,34,38,40,42-43,45-46,49,51,55,57,61,63,86H,6-7,9,11-13,15,17-19,21,23-25,27,29-31,33,35-37,39,41,44,47-48,50,52-54,56,58-60,62,64-85H2,1-5H3/b10-8-,16-14-,22-20-,28-26-,34-32-,40-38-,43-42-,46-45-,51-49-,57-55-,63-61-. The molecule has 0 aliphatic rings. The molecule has 0 N–H and O–H groups in total.